The number of hydrogen-bond donors (Lipinski definition) is 1. The predicted molar refractivity (Wildman–Crippen MR) is 71.4 cm³/mol. The van der Waals surface area contributed by atoms with Crippen molar-refractivity contribution in [3.05, 3.63) is 23.8 Å². The lowest BCUT2D eigenvalue weighted by Gasteiger charge is -2.10. The minimum atomic E-state index is 0.585. The van der Waals surface area contributed by atoms with Crippen LogP contribution in [0.2, 0.25) is 0 Å². The van der Waals surface area contributed by atoms with Crippen LogP contribution in [-0.4, -0.2) is 26.5 Å². The monoisotopic (exact) mass is 251 g/mol. The summed E-state index contributed by atoms with van der Waals surface area (Å²) in [5.74, 6) is 1.28. The van der Waals surface area contributed by atoms with Crippen LogP contribution in [0.4, 0.5) is 0 Å². The largest absolute Gasteiger partial charge is 0.493 e. The van der Waals surface area contributed by atoms with E-state index in [0.29, 0.717) is 23.7 Å². The van der Waals surface area contributed by atoms with Crippen molar-refractivity contribution in [3.63, 3.8) is 0 Å². The van der Waals surface area contributed by atoms with E-state index in [-0.39, 0.29) is 0 Å². The summed E-state index contributed by atoms with van der Waals surface area (Å²) in [5.41, 5.74) is 6.01. The third-order valence-corrected chi connectivity index (χ3v) is 2.68. The van der Waals surface area contributed by atoms with Crippen LogP contribution in [0.3, 0.4) is 0 Å². The van der Waals surface area contributed by atoms with Gasteiger partial charge in [-0.2, -0.15) is 0 Å². The van der Waals surface area contributed by atoms with E-state index in [9.17, 15) is 4.79 Å². The second-order valence-electron chi connectivity index (χ2n) is 4.08. The molecule has 0 bridgehead atoms. The van der Waals surface area contributed by atoms with Crippen LogP contribution in [0.15, 0.2) is 18.2 Å². The third-order valence-electron chi connectivity index (χ3n) is 2.68. The van der Waals surface area contributed by atoms with Crippen molar-refractivity contribution >= 4 is 6.29 Å². The summed E-state index contributed by atoms with van der Waals surface area (Å²) in [6, 6.07) is 5.17. The first-order valence-electron chi connectivity index (χ1n) is 6.28. The molecule has 0 heterocycles. The molecular weight excluding hydrogens is 230 g/mol. The molecule has 2 N–H and O–H groups in total. The molecule has 1 rings (SSSR count). The molecule has 0 aliphatic rings. The smallest absolute Gasteiger partial charge is 0.161 e. The Morgan fingerprint density at radius 3 is 2.61 bits per heavy atom. The molecular formula is C14H21NO3. The van der Waals surface area contributed by atoms with Gasteiger partial charge in [0.25, 0.3) is 0 Å². The SMILES string of the molecule is COc1cc(C=O)ccc1OCCCCCCN. The Hall–Kier alpha value is -1.55. The van der Waals surface area contributed by atoms with E-state index < -0.39 is 0 Å². The van der Waals surface area contributed by atoms with Gasteiger partial charge in [-0.3, -0.25) is 4.79 Å². The van der Waals surface area contributed by atoms with Gasteiger partial charge in [-0.1, -0.05) is 12.8 Å². The number of hydrogen-bond acceptors (Lipinski definition) is 4. The number of rotatable bonds is 9. The number of carbonyl (C=O) groups is 1. The van der Waals surface area contributed by atoms with Crippen molar-refractivity contribution in [3.8, 4) is 11.5 Å². The molecule has 0 aliphatic carbocycles. The van der Waals surface area contributed by atoms with Crippen molar-refractivity contribution in [1.29, 1.82) is 0 Å². The van der Waals surface area contributed by atoms with E-state index in [1.54, 1.807) is 25.3 Å². The van der Waals surface area contributed by atoms with Crippen molar-refractivity contribution in [1.82, 2.24) is 0 Å². The Morgan fingerprint density at radius 1 is 1.17 bits per heavy atom. The zero-order chi connectivity index (χ0) is 13.2. The minimum absolute atomic E-state index is 0.585. The normalized spacial score (nSPS) is 10.1. The molecule has 0 spiro atoms. The minimum Gasteiger partial charge on any atom is -0.493 e. The number of carbonyl (C=O) groups excluding carboxylic acids is 1. The highest BCUT2D eigenvalue weighted by Crippen LogP contribution is 2.27. The van der Waals surface area contributed by atoms with E-state index in [1.165, 1.54) is 0 Å². The lowest BCUT2D eigenvalue weighted by Crippen LogP contribution is -2.01. The van der Waals surface area contributed by atoms with Gasteiger partial charge in [0.05, 0.1) is 13.7 Å². The standard InChI is InChI=1S/C14H21NO3/c1-17-14-10-12(11-16)6-7-13(14)18-9-5-3-2-4-8-15/h6-7,10-11H,2-5,8-9,15H2,1H3. The first-order valence-corrected chi connectivity index (χ1v) is 6.28. The molecule has 0 aliphatic heterocycles. The predicted octanol–water partition coefficient (Wildman–Crippen LogP) is 2.41. The summed E-state index contributed by atoms with van der Waals surface area (Å²) < 4.78 is 10.8. The number of ether oxygens (including phenoxy) is 2. The van der Waals surface area contributed by atoms with Gasteiger partial charge >= 0.3 is 0 Å². The Kier molecular flexibility index (Phi) is 6.87. The third kappa shape index (κ3) is 4.75. The van der Waals surface area contributed by atoms with E-state index >= 15 is 0 Å². The number of unbranched alkanes of at least 4 members (excludes halogenated alkanes) is 3. The van der Waals surface area contributed by atoms with Gasteiger partial charge in [0.2, 0.25) is 0 Å². The zero-order valence-electron chi connectivity index (χ0n) is 10.9. The summed E-state index contributed by atoms with van der Waals surface area (Å²) in [5, 5.41) is 0. The highest BCUT2D eigenvalue weighted by atomic mass is 16.5. The van der Waals surface area contributed by atoms with Crippen molar-refractivity contribution < 1.29 is 14.3 Å². The van der Waals surface area contributed by atoms with Gasteiger partial charge in [-0.25, -0.2) is 0 Å². The molecule has 1 aromatic rings. The first-order chi connectivity index (χ1) is 8.81. The molecule has 100 valence electrons. The van der Waals surface area contributed by atoms with Crippen LogP contribution < -0.4 is 15.2 Å². The summed E-state index contributed by atoms with van der Waals surface area (Å²) >= 11 is 0. The van der Waals surface area contributed by atoms with E-state index in [4.69, 9.17) is 15.2 Å². The van der Waals surface area contributed by atoms with Gasteiger partial charge < -0.3 is 15.2 Å². The van der Waals surface area contributed by atoms with Crippen molar-refractivity contribution in [2.75, 3.05) is 20.3 Å². The second-order valence-corrected chi connectivity index (χ2v) is 4.08. The van der Waals surface area contributed by atoms with Crippen molar-refractivity contribution in [2.45, 2.75) is 25.7 Å². The van der Waals surface area contributed by atoms with E-state index in [2.05, 4.69) is 0 Å². The number of aldehydes is 1. The highest BCUT2D eigenvalue weighted by molar-refractivity contribution is 5.76. The number of nitrogens with two attached hydrogens (primary N) is 1. The summed E-state index contributed by atoms with van der Waals surface area (Å²) in [6.45, 7) is 1.41. The Bertz CT molecular complexity index is 366. The molecule has 1 aromatic carbocycles. The maximum Gasteiger partial charge on any atom is 0.161 e. The molecule has 0 unspecified atom stereocenters. The van der Waals surface area contributed by atoms with E-state index in [1.807, 2.05) is 0 Å². The molecule has 4 heteroatoms. The molecule has 0 saturated heterocycles. The summed E-state index contributed by atoms with van der Waals surface area (Å²) in [6.07, 6.45) is 5.11. The number of benzene rings is 1. The first kappa shape index (κ1) is 14.5. The lowest BCUT2D eigenvalue weighted by atomic mass is 10.2. The molecule has 18 heavy (non-hydrogen) atoms. The van der Waals surface area contributed by atoms with Crippen LogP contribution in [0, 0.1) is 0 Å². The Morgan fingerprint density at radius 2 is 1.94 bits per heavy atom. The topological polar surface area (TPSA) is 61.5 Å². The van der Waals surface area contributed by atoms with Crippen LogP contribution >= 0.6 is 0 Å². The number of methoxy groups -OCH3 is 1. The van der Waals surface area contributed by atoms with Crippen molar-refractivity contribution in [2.24, 2.45) is 5.73 Å². The molecule has 0 saturated carbocycles. The van der Waals surface area contributed by atoms with Gasteiger partial charge in [0.1, 0.15) is 6.29 Å². The molecule has 0 atom stereocenters. The molecule has 0 amide bonds. The van der Waals surface area contributed by atoms with Gasteiger partial charge in [0.15, 0.2) is 11.5 Å². The summed E-state index contributed by atoms with van der Waals surface area (Å²) in [7, 11) is 1.57. The Labute approximate surface area is 108 Å². The maximum atomic E-state index is 10.6. The van der Waals surface area contributed by atoms with Gasteiger partial charge in [-0.15, -0.1) is 0 Å². The fraction of sp³-hybridized carbons (Fsp3) is 0.500. The highest BCUT2D eigenvalue weighted by Gasteiger charge is 2.05. The molecule has 0 radical (unpaired) electrons. The van der Waals surface area contributed by atoms with E-state index in [0.717, 1.165) is 38.5 Å². The average molecular weight is 251 g/mol. The lowest BCUT2D eigenvalue weighted by molar-refractivity contribution is 0.112. The average Bonchev–Trinajstić information content (AvgIpc) is 2.42. The zero-order valence-corrected chi connectivity index (χ0v) is 10.9. The fourth-order valence-electron chi connectivity index (χ4n) is 1.66. The Balaban J connectivity index is 2.39. The quantitative estimate of drug-likeness (QED) is 0.541. The molecule has 0 fully saturated rings. The molecule has 4 nitrogen and oxygen atoms in total. The maximum absolute atomic E-state index is 10.6. The fourth-order valence-corrected chi connectivity index (χ4v) is 1.66. The second kappa shape index (κ2) is 8.53. The van der Waals surface area contributed by atoms with Crippen LogP contribution in [0.1, 0.15) is 36.0 Å². The van der Waals surface area contributed by atoms with Gasteiger partial charge in [0, 0.05) is 5.56 Å². The molecule has 0 aromatic heterocycles. The van der Waals surface area contributed by atoms with Crippen LogP contribution in [-0.2, 0) is 0 Å². The van der Waals surface area contributed by atoms with Crippen LogP contribution in [0.5, 0.6) is 11.5 Å². The van der Waals surface area contributed by atoms with Crippen LogP contribution in [0.25, 0.3) is 0 Å². The summed E-state index contributed by atoms with van der Waals surface area (Å²) in [4.78, 5) is 10.6. The van der Waals surface area contributed by atoms with Gasteiger partial charge in [-0.05, 0) is 37.6 Å².